The standard InChI is InChI=1S/C19H22N4O/c1-14-19-16(15-6-2-3-7-17(15)21-19)9-13-23(14)18(24)8-4-11-22-12-5-10-20-22/h2-3,5-7,10,12,14,21H,4,8-9,11,13H2,1H3/t14-/m0/s1. The van der Waals surface area contributed by atoms with Crippen molar-refractivity contribution < 1.29 is 4.79 Å². The average molecular weight is 322 g/mol. The van der Waals surface area contributed by atoms with Gasteiger partial charge in [0, 0.05) is 48.5 Å². The van der Waals surface area contributed by atoms with Crippen molar-refractivity contribution in [3.05, 3.63) is 54.0 Å². The highest BCUT2D eigenvalue weighted by Crippen LogP contribution is 2.34. The van der Waals surface area contributed by atoms with Crippen LogP contribution in [0.15, 0.2) is 42.7 Å². The Bertz CT molecular complexity index is 850. The number of para-hydroxylation sites is 1. The second kappa shape index (κ2) is 6.15. The maximum atomic E-state index is 12.6. The van der Waals surface area contributed by atoms with Crippen molar-refractivity contribution in [1.29, 1.82) is 0 Å². The van der Waals surface area contributed by atoms with Crippen molar-refractivity contribution >= 4 is 16.8 Å². The number of nitrogens with zero attached hydrogens (tertiary/aromatic N) is 3. The minimum Gasteiger partial charge on any atom is -0.356 e. The molecule has 124 valence electrons. The molecule has 3 aromatic rings. The van der Waals surface area contributed by atoms with E-state index in [1.165, 1.54) is 22.2 Å². The SMILES string of the molecule is C[C@H]1c2[nH]c3ccccc3c2CCN1C(=O)CCCn1cccn1. The molecule has 24 heavy (non-hydrogen) atoms. The first-order valence-electron chi connectivity index (χ1n) is 8.60. The smallest absolute Gasteiger partial charge is 0.223 e. The molecule has 5 heteroatoms. The van der Waals surface area contributed by atoms with Crippen LogP contribution in [0.1, 0.15) is 37.1 Å². The molecule has 5 nitrogen and oxygen atoms in total. The van der Waals surface area contributed by atoms with E-state index in [1.807, 2.05) is 27.9 Å². The summed E-state index contributed by atoms with van der Waals surface area (Å²) in [7, 11) is 0. The van der Waals surface area contributed by atoms with E-state index in [4.69, 9.17) is 0 Å². The molecular weight excluding hydrogens is 300 g/mol. The highest BCUT2D eigenvalue weighted by molar-refractivity contribution is 5.86. The van der Waals surface area contributed by atoms with E-state index < -0.39 is 0 Å². The van der Waals surface area contributed by atoms with E-state index in [0.717, 1.165) is 25.9 Å². The molecule has 4 rings (SSSR count). The lowest BCUT2D eigenvalue weighted by Crippen LogP contribution is -2.38. The number of aromatic amines is 1. The molecule has 1 atom stereocenters. The molecule has 0 unspecified atom stereocenters. The van der Waals surface area contributed by atoms with Gasteiger partial charge in [-0.25, -0.2) is 0 Å². The van der Waals surface area contributed by atoms with Crippen LogP contribution in [0.3, 0.4) is 0 Å². The van der Waals surface area contributed by atoms with Crippen LogP contribution in [0.4, 0.5) is 0 Å². The highest BCUT2D eigenvalue weighted by atomic mass is 16.2. The predicted octanol–water partition coefficient (Wildman–Crippen LogP) is 3.29. The molecular formula is C19H22N4O. The summed E-state index contributed by atoms with van der Waals surface area (Å²) in [6, 6.07) is 10.4. The third kappa shape index (κ3) is 2.60. The van der Waals surface area contributed by atoms with Gasteiger partial charge in [-0.15, -0.1) is 0 Å². The third-order valence-corrected chi connectivity index (χ3v) is 4.99. The van der Waals surface area contributed by atoms with E-state index in [9.17, 15) is 4.79 Å². The zero-order valence-electron chi connectivity index (χ0n) is 13.9. The molecule has 0 saturated heterocycles. The number of carbonyl (C=O) groups excluding carboxylic acids is 1. The number of aryl methyl sites for hydroxylation is 1. The van der Waals surface area contributed by atoms with Gasteiger partial charge in [0.15, 0.2) is 0 Å². The summed E-state index contributed by atoms with van der Waals surface area (Å²) >= 11 is 0. The summed E-state index contributed by atoms with van der Waals surface area (Å²) in [5.41, 5.74) is 3.74. The molecule has 1 N–H and O–H groups in total. The molecule has 0 saturated carbocycles. The molecule has 1 aliphatic rings. The number of fused-ring (bicyclic) bond motifs is 3. The molecule has 1 aliphatic heterocycles. The van der Waals surface area contributed by atoms with Crippen molar-refractivity contribution in [1.82, 2.24) is 19.7 Å². The third-order valence-electron chi connectivity index (χ3n) is 4.99. The van der Waals surface area contributed by atoms with Crippen molar-refractivity contribution in [3.8, 4) is 0 Å². The number of nitrogens with one attached hydrogen (secondary N) is 1. The summed E-state index contributed by atoms with van der Waals surface area (Å²) in [6.45, 7) is 3.72. The van der Waals surface area contributed by atoms with Crippen molar-refractivity contribution in [2.45, 2.75) is 38.8 Å². The number of amides is 1. The lowest BCUT2D eigenvalue weighted by atomic mass is 9.98. The Morgan fingerprint density at radius 3 is 3.04 bits per heavy atom. The lowest BCUT2D eigenvalue weighted by molar-refractivity contribution is -0.134. The normalized spacial score (nSPS) is 17.2. The van der Waals surface area contributed by atoms with E-state index in [1.54, 1.807) is 6.20 Å². The van der Waals surface area contributed by atoms with Gasteiger partial charge in [-0.1, -0.05) is 18.2 Å². The summed E-state index contributed by atoms with van der Waals surface area (Å²) in [5.74, 6) is 0.235. The Hall–Kier alpha value is -2.56. The van der Waals surface area contributed by atoms with Gasteiger partial charge in [0.1, 0.15) is 0 Å². The zero-order chi connectivity index (χ0) is 16.5. The topological polar surface area (TPSA) is 53.9 Å². The highest BCUT2D eigenvalue weighted by Gasteiger charge is 2.29. The second-order valence-corrected chi connectivity index (χ2v) is 6.45. The summed E-state index contributed by atoms with van der Waals surface area (Å²) in [5, 5.41) is 5.48. The lowest BCUT2D eigenvalue weighted by Gasteiger charge is -2.33. The van der Waals surface area contributed by atoms with Gasteiger partial charge < -0.3 is 9.88 Å². The van der Waals surface area contributed by atoms with Gasteiger partial charge in [0.25, 0.3) is 0 Å². The fourth-order valence-electron chi connectivity index (χ4n) is 3.74. The number of carbonyl (C=O) groups is 1. The molecule has 0 radical (unpaired) electrons. The molecule has 2 aromatic heterocycles. The first kappa shape index (κ1) is 15.0. The van der Waals surface area contributed by atoms with Crippen molar-refractivity contribution in [2.75, 3.05) is 6.54 Å². The Kier molecular flexibility index (Phi) is 3.84. The van der Waals surface area contributed by atoms with E-state index in [2.05, 4.69) is 35.2 Å². The number of H-pyrrole nitrogens is 1. The van der Waals surface area contributed by atoms with Crippen LogP contribution in [-0.2, 0) is 17.8 Å². The molecule has 0 spiro atoms. The number of hydrogen-bond donors (Lipinski definition) is 1. The molecule has 1 amide bonds. The first-order valence-corrected chi connectivity index (χ1v) is 8.60. The summed E-state index contributed by atoms with van der Waals surface area (Å²) in [4.78, 5) is 18.2. The summed E-state index contributed by atoms with van der Waals surface area (Å²) < 4.78 is 1.88. The van der Waals surface area contributed by atoms with Gasteiger partial charge in [-0.2, -0.15) is 5.10 Å². The minimum atomic E-state index is 0.110. The van der Waals surface area contributed by atoms with Gasteiger partial charge >= 0.3 is 0 Å². The Morgan fingerprint density at radius 1 is 1.33 bits per heavy atom. The van der Waals surface area contributed by atoms with Crippen LogP contribution < -0.4 is 0 Å². The number of rotatable bonds is 4. The van der Waals surface area contributed by atoms with Crippen molar-refractivity contribution in [3.63, 3.8) is 0 Å². The van der Waals surface area contributed by atoms with Crippen molar-refractivity contribution in [2.24, 2.45) is 0 Å². The second-order valence-electron chi connectivity index (χ2n) is 6.45. The molecule has 0 bridgehead atoms. The van der Waals surface area contributed by atoms with Crippen LogP contribution in [-0.4, -0.2) is 32.1 Å². The van der Waals surface area contributed by atoms with Gasteiger partial charge in [-0.05, 0) is 37.5 Å². The Morgan fingerprint density at radius 2 is 2.21 bits per heavy atom. The fourth-order valence-corrected chi connectivity index (χ4v) is 3.74. The number of hydrogen-bond acceptors (Lipinski definition) is 2. The molecule has 3 heterocycles. The Balaban J connectivity index is 1.46. The van der Waals surface area contributed by atoms with Gasteiger partial charge in [0.05, 0.1) is 6.04 Å². The average Bonchev–Trinajstić information content (AvgIpc) is 3.23. The largest absolute Gasteiger partial charge is 0.356 e. The molecule has 1 aromatic carbocycles. The fraction of sp³-hybridized carbons (Fsp3) is 0.368. The van der Waals surface area contributed by atoms with Crippen LogP contribution >= 0.6 is 0 Å². The van der Waals surface area contributed by atoms with Crippen LogP contribution in [0, 0.1) is 0 Å². The maximum absolute atomic E-state index is 12.6. The quantitative estimate of drug-likeness (QED) is 0.801. The van der Waals surface area contributed by atoms with Gasteiger partial charge in [-0.3, -0.25) is 9.48 Å². The monoisotopic (exact) mass is 322 g/mol. The Labute approximate surface area is 141 Å². The predicted molar refractivity (Wildman–Crippen MR) is 93.6 cm³/mol. The van der Waals surface area contributed by atoms with E-state index >= 15 is 0 Å². The first-order chi connectivity index (χ1) is 11.7. The van der Waals surface area contributed by atoms with E-state index in [0.29, 0.717) is 6.42 Å². The van der Waals surface area contributed by atoms with Crippen LogP contribution in [0.2, 0.25) is 0 Å². The maximum Gasteiger partial charge on any atom is 0.223 e. The molecule has 0 fully saturated rings. The number of aromatic nitrogens is 3. The zero-order valence-corrected chi connectivity index (χ0v) is 13.9. The van der Waals surface area contributed by atoms with Crippen LogP contribution in [0.25, 0.3) is 10.9 Å². The van der Waals surface area contributed by atoms with Crippen LogP contribution in [0.5, 0.6) is 0 Å². The van der Waals surface area contributed by atoms with Gasteiger partial charge in [0.2, 0.25) is 5.91 Å². The van der Waals surface area contributed by atoms with E-state index in [-0.39, 0.29) is 11.9 Å². The number of benzene rings is 1. The minimum absolute atomic E-state index is 0.110. The molecule has 0 aliphatic carbocycles. The summed E-state index contributed by atoms with van der Waals surface area (Å²) in [6.07, 6.45) is 6.02.